The molecular weight excluding hydrogens is 464 g/mol. The predicted octanol–water partition coefficient (Wildman–Crippen LogP) is 7.26. The average molecular weight is 491 g/mol. The molecule has 3 aromatic carbocycles. The fraction of sp³-hybridized carbons (Fsp3) is 0.296. The third-order valence-electron chi connectivity index (χ3n) is 6.04. The summed E-state index contributed by atoms with van der Waals surface area (Å²) < 4.78 is 13.4. The number of fused-ring (bicyclic) bond motifs is 3. The Morgan fingerprint density at radius 2 is 1.84 bits per heavy atom. The summed E-state index contributed by atoms with van der Waals surface area (Å²) in [7, 11) is 0. The number of rotatable bonds is 7. The van der Waals surface area contributed by atoms with E-state index in [1.54, 1.807) is 0 Å². The molecule has 0 unspecified atom stereocenters. The first-order valence-electron chi connectivity index (χ1n) is 11.3. The Morgan fingerprint density at radius 1 is 1.03 bits per heavy atom. The zero-order valence-corrected chi connectivity index (χ0v) is 19.8. The van der Waals surface area contributed by atoms with E-state index >= 15 is 0 Å². The summed E-state index contributed by atoms with van der Waals surface area (Å²) in [6, 6.07) is 25.1. The van der Waals surface area contributed by atoms with E-state index in [0.29, 0.717) is 0 Å². The summed E-state index contributed by atoms with van der Waals surface area (Å²) in [6.45, 7) is 2.96. The van der Waals surface area contributed by atoms with Gasteiger partial charge in [0, 0.05) is 22.0 Å². The van der Waals surface area contributed by atoms with Crippen molar-refractivity contribution < 1.29 is 9.47 Å². The standard InChI is InChI=1S/C27H27BrN2O2/c1-2-3-7-16-31-22-13-10-20(11-14-22)27-30-25(23-17-21(28)12-15-26(23)32-27)18-24(29-30)19-8-5-4-6-9-19/h4-6,8-15,17,25,27H,2-3,7,16,18H2,1H3/t25-,27-/m1/s1. The van der Waals surface area contributed by atoms with Crippen molar-refractivity contribution in [2.45, 2.75) is 44.9 Å². The molecule has 2 aliphatic heterocycles. The zero-order chi connectivity index (χ0) is 21.9. The molecule has 164 valence electrons. The van der Waals surface area contributed by atoms with E-state index in [9.17, 15) is 0 Å². The summed E-state index contributed by atoms with van der Waals surface area (Å²) >= 11 is 3.62. The highest BCUT2D eigenvalue weighted by atomic mass is 79.9. The Bertz CT molecular complexity index is 1100. The van der Waals surface area contributed by atoms with Crippen LogP contribution in [-0.4, -0.2) is 17.3 Å². The first-order valence-corrected chi connectivity index (χ1v) is 12.1. The number of hydrazone groups is 1. The Morgan fingerprint density at radius 3 is 2.62 bits per heavy atom. The van der Waals surface area contributed by atoms with Crippen molar-refractivity contribution in [3.8, 4) is 11.5 Å². The minimum Gasteiger partial charge on any atom is -0.494 e. The monoisotopic (exact) mass is 490 g/mol. The Kier molecular flexibility index (Phi) is 6.17. The highest BCUT2D eigenvalue weighted by Gasteiger charge is 2.41. The van der Waals surface area contributed by atoms with Gasteiger partial charge in [0.2, 0.25) is 6.23 Å². The molecule has 2 heterocycles. The lowest BCUT2D eigenvalue weighted by molar-refractivity contribution is -0.0191. The van der Waals surface area contributed by atoms with Crippen LogP contribution in [0.5, 0.6) is 11.5 Å². The lowest BCUT2D eigenvalue weighted by atomic mass is 9.96. The second kappa shape index (κ2) is 9.37. The number of hydrogen-bond acceptors (Lipinski definition) is 4. The van der Waals surface area contributed by atoms with Crippen molar-refractivity contribution in [2.75, 3.05) is 6.61 Å². The number of unbranched alkanes of at least 4 members (excludes halogenated alkanes) is 2. The average Bonchev–Trinajstić information content (AvgIpc) is 3.28. The molecule has 0 amide bonds. The summed E-state index contributed by atoms with van der Waals surface area (Å²) in [5.41, 5.74) is 4.49. The maximum absolute atomic E-state index is 6.48. The van der Waals surface area contributed by atoms with Crippen LogP contribution in [0.25, 0.3) is 0 Å². The third kappa shape index (κ3) is 4.26. The molecule has 32 heavy (non-hydrogen) atoms. The van der Waals surface area contributed by atoms with Gasteiger partial charge in [-0.25, -0.2) is 5.01 Å². The largest absolute Gasteiger partial charge is 0.494 e. The van der Waals surface area contributed by atoms with E-state index in [1.165, 1.54) is 18.4 Å². The third-order valence-corrected chi connectivity index (χ3v) is 6.53. The summed E-state index contributed by atoms with van der Waals surface area (Å²) in [5, 5.41) is 7.16. The van der Waals surface area contributed by atoms with Gasteiger partial charge in [0.05, 0.1) is 18.4 Å². The number of halogens is 1. The SMILES string of the molecule is CCCCCOc1ccc([C@H]2Oc3ccc(Br)cc3[C@H]3CC(c4ccccc4)=NN32)cc1. The van der Waals surface area contributed by atoms with Gasteiger partial charge in [-0.15, -0.1) is 0 Å². The van der Waals surface area contributed by atoms with Gasteiger partial charge >= 0.3 is 0 Å². The minimum absolute atomic E-state index is 0.140. The molecule has 0 fully saturated rings. The molecule has 0 saturated heterocycles. The van der Waals surface area contributed by atoms with Crippen LogP contribution in [0.2, 0.25) is 0 Å². The van der Waals surface area contributed by atoms with Crippen molar-refractivity contribution in [3.63, 3.8) is 0 Å². The second-order valence-corrected chi connectivity index (χ2v) is 9.21. The molecule has 0 spiro atoms. The lowest BCUT2D eigenvalue weighted by Gasteiger charge is -2.38. The topological polar surface area (TPSA) is 34.1 Å². The molecule has 0 N–H and O–H groups in total. The van der Waals surface area contributed by atoms with Crippen LogP contribution in [0.4, 0.5) is 0 Å². The quantitative estimate of drug-likeness (QED) is 0.326. The molecule has 2 aliphatic rings. The van der Waals surface area contributed by atoms with Gasteiger partial charge in [0.15, 0.2) is 0 Å². The molecule has 4 nitrogen and oxygen atoms in total. The van der Waals surface area contributed by atoms with Crippen LogP contribution in [0.3, 0.4) is 0 Å². The first kappa shape index (κ1) is 21.1. The maximum atomic E-state index is 6.48. The van der Waals surface area contributed by atoms with E-state index in [0.717, 1.165) is 52.3 Å². The zero-order valence-electron chi connectivity index (χ0n) is 18.2. The Balaban J connectivity index is 1.44. The van der Waals surface area contributed by atoms with Gasteiger partial charge in [-0.1, -0.05) is 66.0 Å². The van der Waals surface area contributed by atoms with Crippen LogP contribution in [0, 0.1) is 0 Å². The molecule has 0 radical (unpaired) electrons. The van der Waals surface area contributed by atoms with E-state index in [1.807, 2.05) is 24.3 Å². The van der Waals surface area contributed by atoms with Crippen LogP contribution >= 0.6 is 15.9 Å². The van der Waals surface area contributed by atoms with E-state index in [4.69, 9.17) is 14.6 Å². The van der Waals surface area contributed by atoms with E-state index < -0.39 is 0 Å². The molecule has 0 aromatic heterocycles. The van der Waals surface area contributed by atoms with Gasteiger partial charge < -0.3 is 9.47 Å². The summed E-state index contributed by atoms with van der Waals surface area (Å²) in [4.78, 5) is 0. The van der Waals surface area contributed by atoms with Gasteiger partial charge in [-0.3, -0.25) is 0 Å². The van der Waals surface area contributed by atoms with Gasteiger partial charge in [0.25, 0.3) is 0 Å². The van der Waals surface area contributed by atoms with Crippen molar-refractivity contribution in [2.24, 2.45) is 5.10 Å². The molecular formula is C27H27BrN2O2. The molecule has 0 bridgehead atoms. The maximum Gasteiger partial charge on any atom is 0.213 e. The summed E-state index contributed by atoms with van der Waals surface area (Å²) in [5.74, 6) is 1.82. The van der Waals surface area contributed by atoms with E-state index in [-0.39, 0.29) is 12.3 Å². The van der Waals surface area contributed by atoms with Crippen molar-refractivity contribution in [1.82, 2.24) is 5.01 Å². The second-order valence-electron chi connectivity index (χ2n) is 8.29. The Hall–Kier alpha value is -2.79. The smallest absolute Gasteiger partial charge is 0.213 e. The number of benzene rings is 3. The predicted molar refractivity (Wildman–Crippen MR) is 131 cm³/mol. The van der Waals surface area contributed by atoms with E-state index in [2.05, 4.69) is 76.4 Å². The number of ether oxygens (including phenoxy) is 2. The molecule has 5 rings (SSSR count). The molecule has 0 aliphatic carbocycles. The van der Waals surface area contributed by atoms with Gasteiger partial charge in [-0.2, -0.15) is 5.10 Å². The van der Waals surface area contributed by atoms with Crippen molar-refractivity contribution in [1.29, 1.82) is 0 Å². The van der Waals surface area contributed by atoms with Gasteiger partial charge in [-0.05, 0) is 54.4 Å². The fourth-order valence-electron chi connectivity index (χ4n) is 4.35. The molecule has 5 heteroatoms. The van der Waals surface area contributed by atoms with Crippen molar-refractivity contribution >= 4 is 21.6 Å². The van der Waals surface area contributed by atoms with Crippen molar-refractivity contribution in [3.05, 3.63) is 94.0 Å². The minimum atomic E-state index is -0.274. The van der Waals surface area contributed by atoms with Crippen LogP contribution in [-0.2, 0) is 0 Å². The summed E-state index contributed by atoms with van der Waals surface area (Å²) in [6.07, 6.45) is 4.06. The number of hydrogen-bond donors (Lipinski definition) is 0. The molecule has 0 saturated carbocycles. The lowest BCUT2D eigenvalue weighted by Crippen LogP contribution is -2.33. The van der Waals surface area contributed by atoms with Gasteiger partial charge in [0.1, 0.15) is 11.5 Å². The Labute approximate surface area is 198 Å². The number of nitrogens with zero attached hydrogens (tertiary/aromatic N) is 2. The van der Waals surface area contributed by atoms with Crippen LogP contribution < -0.4 is 9.47 Å². The fourth-order valence-corrected chi connectivity index (χ4v) is 4.73. The molecule has 2 atom stereocenters. The normalized spacial score (nSPS) is 19.1. The van der Waals surface area contributed by atoms with Crippen LogP contribution in [0.1, 0.15) is 61.6 Å². The highest BCUT2D eigenvalue weighted by molar-refractivity contribution is 9.10. The first-order chi connectivity index (χ1) is 15.7. The molecule has 3 aromatic rings. The highest BCUT2D eigenvalue weighted by Crippen LogP contribution is 2.48. The van der Waals surface area contributed by atoms with Crippen LogP contribution in [0.15, 0.2) is 82.4 Å².